The van der Waals surface area contributed by atoms with E-state index in [2.05, 4.69) is 124 Å². The first-order valence-electron chi connectivity index (χ1n) is 12.4. The molecule has 2 nitrogen and oxygen atoms in total. The van der Waals surface area contributed by atoms with E-state index in [-0.39, 0.29) is 6.85 Å². The zero-order valence-corrected chi connectivity index (χ0v) is 20.2. The summed E-state index contributed by atoms with van der Waals surface area (Å²) < 4.78 is 2.63. The number of rotatable bonds is 1. The van der Waals surface area contributed by atoms with Gasteiger partial charge in [0.15, 0.2) is 0 Å². The van der Waals surface area contributed by atoms with Crippen LogP contribution in [-0.2, 0) is 0 Å². The second kappa shape index (κ2) is 6.69. The lowest BCUT2D eigenvalue weighted by molar-refractivity contribution is 1.27. The zero-order valence-electron chi connectivity index (χ0n) is 19.3. The Morgan fingerprint density at radius 3 is 2.31 bits per heavy atom. The van der Waals surface area contributed by atoms with Crippen LogP contribution in [-0.4, -0.2) is 11.3 Å². The average Bonchev–Trinajstić information content (AvgIpc) is 3.51. The van der Waals surface area contributed by atoms with E-state index >= 15 is 0 Å². The average molecular weight is 474 g/mol. The van der Waals surface area contributed by atoms with E-state index in [1.54, 1.807) is 0 Å². The van der Waals surface area contributed by atoms with Gasteiger partial charge in [-0.25, -0.2) is 0 Å². The summed E-state index contributed by atoms with van der Waals surface area (Å²) in [7, 11) is 0. The van der Waals surface area contributed by atoms with Crippen LogP contribution in [0.3, 0.4) is 0 Å². The molecule has 2 aromatic heterocycles. The summed E-state index contributed by atoms with van der Waals surface area (Å²) in [5.41, 5.74) is 10.6. The van der Waals surface area contributed by atoms with Crippen LogP contribution in [0.15, 0.2) is 115 Å². The first-order valence-corrected chi connectivity index (χ1v) is 13.3. The summed E-state index contributed by atoms with van der Waals surface area (Å²) in [6, 6.07) is 40.1. The molecule has 0 spiro atoms. The predicted octanol–water partition coefficient (Wildman–Crippen LogP) is 7.43. The smallest absolute Gasteiger partial charge is 0.333 e. The lowest BCUT2D eigenvalue weighted by Gasteiger charge is -2.37. The minimum Gasteiger partial charge on any atom is -0.375 e. The molecule has 2 aliphatic rings. The molecule has 9 rings (SSSR count). The summed E-state index contributed by atoms with van der Waals surface area (Å²) in [4.78, 5) is 3.85. The number of anilines is 3. The highest BCUT2D eigenvalue weighted by molar-refractivity contribution is 7.17. The molecule has 0 saturated heterocycles. The summed E-state index contributed by atoms with van der Waals surface area (Å²) in [6.07, 6.45) is 0. The lowest BCUT2D eigenvalue weighted by atomic mass is 9.46. The molecule has 4 heterocycles. The van der Waals surface area contributed by atoms with Gasteiger partial charge in [-0.2, -0.15) is 0 Å². The Morgan fingerprint density at radius 1 is 0.639 bits per heavy atom. The molecule has 0 bridgehead atoms. The summed E-state index contributed by atoms with van der Waals surface area (Å²) in [5, 5.41) is 7.63. The van der Waals surface area contributed by atoms with Gasteiger partial charge in [0.05, 0.1) is 5.69 Å². The highest BCUT2D eigenvalue weighted by atomic mass is 32.1. The van der Waals surface area contributed by atoms with Crippen LogP contribution in [0.5, 0.6) is 0 Å². The molecule has 4 heteroatoms. The van der Waals surface area contributed by atoms with Gasteiger partial charge in [0, 0.05) is 49.0 Å². The van der Waals surface area contributed by atoms with Crippen LogP contribution in [0.1, 0.15) is 0 Å². The fourth-order valence-electron chi connectivity index (χ4n) is 6.57. The highest BCUT2D eigenvalue weighted by Gasteiger charge is 2.43. The van der Waals surface area contributed by atoms with Crippen molar-refractivity contribution >= 4 is 78.8 Å². The number of thiophene rings is 1. The maximum absolute atomic E-state index is 2.63. The second-order valence-corrected chi connectivity index (χ2v) is 10.7. The fraction of sp³-hybridized carbons (Fsp3) is 0. The molecule has 0 atom stereocenters. The van der Waals surface area contributed by atoms with Crippen LogP contribution in [0.4, 0.5) is 17.1 Å². The van der Waals surface area contributed by atoms with Crippen LogP contribution in [0.2, 0.25) is 0 Å². The van der Waals surface area contributed by atoms with Gasteiger partial charge in [-0.3, -0.25) is 0 Å². The molecular weight excluding hydrogens is 455 g/mol. The number of hydrogen-bond acceptors (Lipinski definition) is 2. The quantitative estimate of drug-likeness (QED) is 0.225. The van der Waals surface area contributed by atoms with Gasteiger partial charge in [0.2, 0.25) is 0 Å². The number of para-hydroxylation sites is 3. The Labute approximate surface area is 212 Å². The van der Waals surface area contributed by atoms with Crippen molar-refractivity contribution in [2.75, 3.05) is 4.90 Å². The Balaban J connectivity index is 1.46. The summed E-state index contributed by atoms with van der Waals surface area (Å²) >= 11 is 1.88. The van der Waals surface area contributed by atoms with E-state index in [1.165, 1.54) is 71.0 Å². The third-order valence-corrected chi connectivity index (χ3v) is 9.02. The Hall–Kier alpha value is -4.28. The minimum absolute atomic E-state index is 0.147. The van der Waals surface area contributed by atoms with Gasteiger partial charge >= 0.3 is 6.85 Å². The maximum atomic E-state index is 2.63. The van der Waals surface area contributed by atoms with Crippen LogP contribution in [0.25, 0.3) is 43.0 Å². The van der Waals surface area contributed by atoms with Crippen molar-refractivity contribution in [3.8, 4) is 10.4 Å². The normalized spacial score (nSPS) is 13.4. The summed E-state index contributed by atoms with van der Waals surface area (Å²) in [6.45, 7) is 0.147. The van der Waals surface area contributed by atoms with E-state index in [1.807, 2.05) is 11.3 Å². The monoisotopic (exact) mass is 474 g/mol. The molecule has 166 valence electrons. The van der Waals surface area contributed by atoms with Crippen molar-refractivity contribution in [2.45, 2.75) is 0 Å². The highest BCUT2D eigenvalue weighted by Crippen LogP contribution is 2.47. The Kier molecular flexibility index (Phi) is 3.52. The van der Waals surface area contributed by atoms with Gasteiger partial charge in [-0.15, -0.1) is 11.3 Å². The standard InChI is InChI=1S/C32H19BN2S/c1-2-11-22(12-3-1)34-27-16-7-6-15-26(27)33-30-29(34)19-36-32(30)24-14-8-13-23-25-17-20-9-4-5-10-21(20)18-28(25)35(33)31(23)24/h1-19H. The van der Waals surface area contributed by atoms with Crippen molar-refractivity contribution < 1.29 is 0 Å². The molecule has 5 aromatic carbocycles. The third kappa shape index (κ3) is 2.24. The fourth-order valence-corrected chi connectivity index (χ4v) is 7.67. The number of fused-ring (bicyclic) bond motifs is 8. The molecule has 36 heavy (non-hydrogen) atoms. The number of aromatic nitrogens is 1. The van der Waals surface area contributed by atoms with Gasteiger partial charge in [-0.05, 0) is 52.0 Å². The van der Waals surface area contributed by atoms with Gasteiger partial charge < -0.3 is 9.38 Å². The van der Waals surface area contributed by atoms with Crippen LogP contribution >= 0.6 is 11.3 Å². The largest absolute Gasteiger partial charge is 0.375 e. The SMILES string of the molecule is c1ccc(N2c3ccccc3B3c4c2csc4-c2cccc4c5cc6ccccc6cc5n3c24)cc1. The van der Waals surface area contributed by atoms with E-state index in [4.69, 9.17) is 0 Å². The molecule has 7 aromatic rings. The topological polar surface area (TPSA) is 8.17 Å². The molecule has 0 saturated carbocycles. The number of benzene rings is 5. The lowest BCUT2D eigenvalue weighted by Crippen LogP contribution is -2.55. The minimum atomic E-state index is 0.147. The van der Waals surface area contributed by atoms with E-state index in [0.717, 1.165) is 0 Å². The van der Waals surface area contributed by atoms with Crippen molar-refractivity contribution in [3.05, 3.63) is 115 Å². The molecule has 0 aliphatic carbocycles. The Bertz CT molecular complexity index is 2020. The first-order chi connectivity index (χ1) is 17.9. The van der Waals surface area contributed by atoms with E-state index < -0.39 is 0 Å². The first kappa shape index (κ1) is 19.0. The van der Waals surface area contributed by atoms with Crippen molar-refractivity contribution in [2.24, 2.45) is 0 Å². The molecular formula is C32H19BN2S. The van der Waals surface area contributed by atoms with E-state index in [9.17, 15) is 0 Å². The van der Waals surface area contributed by atoms with Gasteiger partial charge in [0.1, 0.15) is 0 Å². The zero-order chi connectivity index (χ0) is 23.4. The third-order valence-electron chi connectivity index (χ3n) is 8.00. The van der Waals surface area contributed by atoms with E-state index in [0.29, 0.717) is 0 Å². The predicted molar refractivity (Wildman–Crippen MR) is 155 cm³/mol. The molecule has 0 fully saturated rings. The van der Waals surface area contributed by atoms with Crippen molar-refractivity contribution in [1.82, 2.24) is 4.48 Å². The van der Waals surface area contributed by atoms with Crippen LogP contribution < -0.4 is 15.8 Å². The number of nitrogens with zero attached hydrogens (tertiary/aromatic N) is 2. The molecule has 2 aliphatic heterocycles. The molecule has 0 unspecified atom stereocenters. The van der Waals surface area contributed by atoms with Crippen LogP contribution in [0, 0.1) is 0 Å². The number of hydrogen-bond donors (Lipinski definition) is 0. The van der Waals surface area contributed by atoms with Gasteiger partial charge in [-0.1, -0.05) is 78.9 Å². The molecule has 0 N–H and O–H groups in total. The molecule has 0 amide bonds. The summed E-state index contributed by atoms with van der Waals surface area (Å²) in [5.74, 6) is 0. The maximum Gasteiger partial charge on any atom is 0.333 e. The van der Waals surface area contributed by atoms with Crippen molar-refractivity contribution in [3.63, 3.8) is 0 Å². The molecule has 0 radical (unpaired) electrons. The second-order valence-electron chi connectivity index (χ2n) is 9.78. The Morgan fingerprint density at radius 2 is 1.42 bits per heavy atom. The van der Waals surface area contributed by atoms with Crippen molar-refractivity contribution in [1.29, 1.82) is 0 Å². The van der Waals surface area contributed by atoms with Gasteiger partial charge in [0.25, 0.3) is 0 Å².